The van der Waals surface area contributed by atoms with Gasteiger partial charge in [0, 0.05) is 29.2 Å². The molecule has 28 heavy (non-hydrogen) atoms. The minimum Gasteiger partial charge on any atom is -0.498 e. The Balaban J connectivity index is 1.48. The van der Waals surface area contributed by atoms with Gasteiger partial charge in [-0.1, -0.05) is 0 Å². The second kappa shape index (κ2) is 4.70. The molecule has 5 unspecified atom stereocenters. The van der Waals surface area contributed by atoms with Gasteiger partial charge in [0.2, 0.25) is 0 Å². The van der Waals surface area contributed by atoms with Crippen molar-refractivity contribution in [1.29, 1.82) is 0 Å². The molecule has 0 aromatic heterocycles. The van der Waals surface area contributed by atoms with Crippen LogP contribution >= 0.6 is 0 Å². The van der Waals surface area contributed by atoms with Crippen molar-refractivity contribution in [3.05, 3.63) is 11.8 Å². The summed E-state index contributed by atoms with van der Waals surface area (Å²) in [5, 5.41) is 21.9. The van der Waals surface area contributed by atoms with E-state index in [1.54, 1.807) is 0 Å². The van der Waals surface area contributed by atoms with Gasteiger partial charge in [0.05, 0.1) is 36.1 Å². The fourth-order valence-corrected chi connectivity index (χ4v) is 7.51. The number of hydrogen-bond acceptors (Lipinski definition) is 8. The van der Waals surface area contributed by atoms with Crippen molar-refractivity contribution in [3.63, 3.8) is 0 Å². The molecular weight excluding hydrogens is 368 g/mol. The number of Topliss-reactive ketones (excluding diaryl/α,β-unsaturated/α-hetero) is 2. The van der Waals surface area contributed by atoms with Gasteiger partial charge in [-0.3, -0.25) is 9.59 Å². The first-order valence-electron chi connectivity index (χ1n) is 10.2. The number of hydrogen-bond donors (Lipinski definition) is 2. The minimum atomic E-state index is -1.13. The molecule has 2 N–H and O–H groups in total. The van der Waals surface area contributed by atoms with Crippen LogP contribution in [0.1, 0.15) is 13.8 Å². The third kappa shape index (κ3) is 1.51. The second-order valence-electron chi connectivity index (χ2n) is 9.50. The average Bonchev–Trinajstić information content (AvgIpc) is 3.57. The zero-order chi connectivity index (χ0) is 19.3. The van der Waals surface area contributed by atoms with E-state index in [1.807, 2.05) is 13.8 Å². The van der Waals surface area contributed by atoms with E-state index in [-0.39, 0.29) is 35.6 Å². The fourth-order valence-electron chi connectivity index (χ4n) is 7.51. The second-order valence-corrected chi connectivity index (χ2v) is 9.50. The van der Waals surface area contributed by atoms with Crippen LogP contribution < -0.4 is 0 Å². The smallest absolute Gasteiger partial charge is 0.177 e. The van der Waals surface area contributed by atoms with E-state index in [1.165, 1.54) is 6.26 Å². The number of fused-ring (bicyclic) bond motifs is 3. The Hall–Kier alpha value is -1.32. The highest BCUT2D eigenvalue weighted by Gasteiger charge is 2.81. The normalized spacial score (nSPS) is 65.1. The van der Waals surface area contributed by atoms with Gasteiger partial charge in [0.25, 0.3) is 0 Å². The van der Waals surface area contributed by atoms with E-state index >= 15 is 0 Å². The predicted octanol–water partition coefficient (Wildman–Crippen LogP) is -1.04. The van der Waals surface area contributed by atoms with E-state index < -0.39 is 60.0 Å². The molecule has 0 aromatic rings. The molecule has 0 radical (unpaired) electrons. The molecule has 14 atom stereocenters. The van der Waals surface area contributed by atoms with E-state index in [4.69, 9.17) is 18.9 Å². The number of aliphatic hydroxyl groups excluding tert-OH is 2. The van der Waals surface area contributed by atoms with Crippen LogP contribution in [0.5, 0.6) is 0 Å². The molecule has 8 nitrogen and oxygen atoms in total. The molecule has 3 saturated carbocycles. The van der Waals surface area contributed by atoms with E-state index in [0.717, 1.165) is 0 Å². The molecule has 150 valence electrons. The van der Waals surface area contributed by atoms with Crippen molar-refractivity contribution in [3.8, 4) is 0 Å². The fraction of sp³-hybridized carbons (Fsp3) is 0.800. The third-order valence-corrected chi connectivity index (χ3v) is 8.55. The van der Waals surface area contributed by atoms with Crippen LogP contribution in [0.25, 0.3) is 0 Å². The quantitative estimate of drug-likeness (QED) is 0.504. The molecule has 5 aliphatic heterocycles. The molecule has 8 heteroatoms. The predicted molar refractivity (Wildman–Crippen MR) is 88.7 cm³/mol. The Bertz CT molecular complexity index is 853. The number of epoxide rings is 2. The maximum Gasteiger partial charge on any atom is 0.177 e. The Morgan fingerprint density at radius 3 is 2.50 bits per heavy atom. The molecule has 0 aromatic carbocycles. The summed E-state index contributed by atoms with van der Waals surface area (Å²) in [5.41, 5.74) is -0.644. The van der Waals surface area contributed by atoms with Crippen molar-refractivity contribution < 1.29 is 38.7 Å². The summed E-state index contributed by atoms with van der Waals surface area (Å²) in [6.45, 7) is 3.83. The summed E-state index contributed by atoms with van der Waals surface area (Å²) in [6.07, 6.45) is -3.87. The topological polar surface area (TPSA) is 118 Å². The highest BCUT2D eigenvalue weighted by Crippen LogP contribution is 2.69. The molecule has 1 spiro atoms. The Kier molecular flexibility index (Phi) is 2.77. The molecule has 8 rings (SSSR count). The van der Waals surface area contributed by atoms with Gasteiger partial charge < -0.3 is 29.2 Å². The average molecular weight is 390 g/mol. The van der Waals surface area contributed by atoms with Gasteiger partial charge in [0.1, 0.15) is 30.5 Å². The SMILES string of the molecule is C[C@@H]1OC2C3C(C(=O)[C@@H]4OC4[C@H]3O)[C@@H]1[C@H]1[C@H](C)OC=C3[C@H](O)C4O[C@H]4C(=O)[C@]321. The van der Waals surface area contributed by atoms with Crippen molar-refractivity contribution in [2.24, 2.45) is 29.1 Å². The molecule has 4 saturated heterocycles. The zero-order valence-electron chi connectivity index (χ0n) is 15.4. The zero-order valence-corrected chi connectivity index (χ0v) is 15.4. The maximum atomic E-state index is 13.7. The molecule has 8 aliphatic rings. The summed E-state index contributed by atoms with van der Waals surface area (Å²) in [7, 11) is 0. The number of ketones is 2. The summed E-state index contributed by atoms with van der Waals surface area (Å²) in [5.74, 6) is -1.68. The van der Waals surface area contributed by atoms with Crippen LogP contribution in [0, 0.1) is 29.1 Å². The number of ether oxygens (including phenoxy) is 4. The van der Waals surface area contributed by atoms with Crippen molar-refractivity contribution in [2.45, 2.75) is 68.8 Å². The van der Waals surface area contributed by atoms with Crippen molar-refractivity contribution >= 4 is 11.6 Å². The Morgan fingerprint density at radius 2 is 1.71 bits per heavy atom. The van der Waals surface area contributed by atoms with Gasteiger partial charge in [-0.2, -0.15) is 0 Å². The lowest BCUT2D eigenvalue weighted by atomic mass is 9.41. The maximum absolute atomic E-state index is 13.7. The molecule has 7 fully saturated rings. The molecule has 3 aliphatic carbocycles. The molecule has 2 bridgehead atoms. The van der Waals surface area contributed by atoms with Crippen LogP contribution in [0.3, 0.4) is 0 Å². The lowest BCUT2D eigenvalue weighted by Gasteiger charge is -2.67. The number of aliphatic hydroxyl groups is 2. The first-order chi connectivity index (χ1) is 13.4. The summed E-state index contributed by atoms with van der Waals surface area (Å²) in [6, 6.07) is 0. The van der Waals surface area contributed by atoms with Crippen molar-refractivity contribution in [1.82, 2.24) is 0 Å². The standard InChI is InChI=1S/C20H22O8/c1-4-7-8-9(13(23)16-15(27-16)12(8)22)19(26-4)20-6(3-25-5(2)10(7)20)11(21)14-17(28-14)18(20)24/h3-5,7-11,13-17,19,21,23H,1-2H3/t4-,5-,7+,8?,9?,10+,11-,13-,14?,15-,16?,17+,19?,20+/m0/s1. The van der Waals surface area contributed by atoms with Crippen LogP contribution in [0.15, 0.2) is 11.8 Å². The number of rotatable bonds is 0. The largest absolute Gasteiger partial charge is 0.498 e. The highest BCUT2D eigenvalue weighted by molar-refractivity contribution is 5.99. The van der Waals surface area contributed by atoms with Crippen LogP contribution in [0.4, 0.5) is 0 Å². The molecule has 5 heterocycles. The Labute approximate surface area is 160 Å². The summed E-state index contributed by atoms with van der Waals surface area (Å²) in [4.78, 5) is 26.8. The van der Waals surface area contributed by atoms with E-state index in [9.17, 15) is 19.8 Å². The summed E-state index contributed by atoms with van der Waals surface area (Å²) < 4.78 is 23.2. The van der Waals surface area contributed by atoms with Gasteiger partial charge in [0.15, 0.2) is 11.6 Å². The Morgan fingerprint density at radius 1 is 0.964 bits per heavy atom. The minimum absolute atomic E-state index is 0.00737. The number of carbonyl (C=O) groups excluding carboxylic acids is 2. The first-order valence-corrected chi connectivity index (χ1v) is 10.2. The van der Waals surface area contributed by atoms with Gasteiger partial charge in [-0.15, -0.1) is 0 Å². The van der Waals surface area contributed by atoms with Gasteiger partial charge in [-0.05, 0) is 13.8 Å². The first kappa shape index (κ1) is 16.5. The third-order valence-electron chi connectivity index (χ3n) is 8.55. The van der Waals surface area contributed by atoms with E-state index in [2.05, 4.69) is 0 Å². The van der Waals surface area contributed by atoms with Crippen molar-refractivity contribution in [2.75, 3.05) is 0 Å². The molecule has 0 amide bonds. The summed E-state index contributed by atoms with van der Waals surface area (Å²) >= 11 is 0. The van der Waals surface area contributed by atoms with Crippen LogP contribution in [-0.4, -0.2) is 76.7 Å². The lowest BCUT2D eigenvalue weighted by Crippen LogP contribution is -2.77. The van der Waals surface area contributed by atoms with E-state index in [0.29, 0.717) is 5.57 Å². The van der Waals surface area contributed by atoms with Gasteiger partial charge >= 0.3 is 0 Å². The van der Waals surface area contributed by atoms with Gasteiger partial charge in [-0.25, -0.2) is 0 Å². The highest BCUT2D eigenvalue weighted by atomic mass is 16.6. The van der Waals surface area contributed by atoms with Crippen LogP contribution in [-0.2, 0) is 28.5 Å². The van der Waals surface area contributed by atoms with Crippen LogP contribution in [0.2, 0.25) is 0 Å². The molecular formula is C20H22O8. The number of carbonyl (C=O) groups is 2. The monoisotopic (exact) mass is 390 g/mol. The lowest BCUT2D eigenvalue weighted by molar-refractivity contribution is -0.289.